The van der Waals surface area contributed by atoms with Gasteiger partial charge in [-0.25, -0.2) is 0 Å². The van der Waals surface area contributed by atoms with Gasteiger partial charge in [-0.05, 0) is 59.4 Å². The first-order valence-corrected chi connectivity index (χ1v) is 6.02. The van der Waals surface area contributed by atoms with Crippen LogP contribution in [-0.2, 0) is 6.42 Å². The first-order chi connectivity index (χ1) is 8.25. The first kappa shape index (κ1) is 10.5. The first-order valence-electron chi connectivity index (χ1n) is 5.64. The number of fused-ring (bicyclic) bond motifs is 1. The van der Waals surface area contributed by atoms with Crippen molar-refractivity contribution in [1.29, 1.82) is 0 Å². The molecule has 3 rings (SSSR count). The van der Waals surface area contributed by atoms with Crippen molar-refractivity contribution < 1.29 is 0 Å². The number of benzene rings is 1. The summed E-state index contributed by atoms with van der Waals surface area (Å²) < 4.78 is 0. The second-order valence-electron chi connectivity index (χ2n) is 4.32. The molecular weight excluding hydrogens is 230 g/mol. The van der Waals surface area contributed by atoms with Crippen LogP contribution in [0.3, 0.4) is 0 Å². The maximum absolute atomic E-state index is 6.03. The lowest BCUT2D eigenvalue weighted by molar-refractivity contribution is 1.27. The van der Waals surface area contributed by atoms with Crippen LogP contribution in [0.4, 0.5) is 0 Å². The molecule has 0 amide bonds. The molecule has 1 aromatic heterocycles. The summed E-state index contributed by atoms with van der Waals surface area (Å²) >= 11 is 6.03. The average Bonchev–Trinajstić information content (AvgIpc) is 2.67. The van der Waals surface area contributed by atoms with Crippen LogP contribution >= 0.6 is 11.6 Å². The predicted molar refractivity (Wildman–Crippen MR) is 71.9 cm³/mol. The minimum Gasteiger partial charge on any atom is -0.264 e. The van der Waals surface area contributed by atoms with E-state index >= 15 is 0 Å². The van der Waals surface area contributed by atoms with Crippen LogP contribution < -0.4 is 0 Å². The van der Waals surface area contributed by atoms with E-state index in [-0.39, 0.29) is 0 Å². The monoisotopic (exact) mass is 241 g/mol. The van der Waals surface area contributed by atoms with Crippen LogP contribution in [0.15, 0.2) is 42.7 Å². The Bertz CT molecular complexity index is 600. The van der Waals surface area contributed by atoms with Crippen LogP contribution in [0.5, 0.6) is 0 Å². The Balaban J connectivity index is 2.10. The zero-order valence-corrected chi connectivity index (χ0v) is 10.3. The van der Waals surface area contributed by atoms with Crippen molar-refractivity contribution in [3.05, 3.63) is 64.4 Å². The largest absolute Gasteiger partial charge is 0.264 e. The fourth-order valence-corrected chi connectivity index (χ4v) is 2.61. The number of nitrogens with zero attached hydrogens (tertiary/aromatic N) is 1. The molecule has 17 heavy (non-hydrogen) atoms. The fourth-order valence-electron chi connectivity index (χ4n) is 2.42. The smallest absolute Gasteiger partial charge is 0.0409 e. The van der Waals surface area contributed by atoms with Gasteiger partial charge in [-0.2, -0.15) is 0 Å². The van der Waals surface area contributed by atoms with E-state index in [1.807, 2.05) is 18.3 Å². The molecule has 0 radical (unpaired) electrons. The van der Waals surface area contributed by atoms with Gasteiger partial charge >= 0.3 is 0 Å². The normalized spacial score (nSPS) is 14.0. The third-order valence-corrected chi connectivity index (χ3v) is 3.54. The van der Waals surface area contributed by atoms with Gasteiger partial charge in [-0.15, -0.1) is 0 Å². The molecular formula is C15H12ClN. The molecule has 1 aromatic carbocycles. The Morgan fingerprint density at radius 2 is 2.12 bits per heavy atom. The molecule has 2 aromatic rings. The standard InChI is InChI=1S/C15H12ClN/c1-10-14-5-4-13(16)7-12(14)8-15(10)11-3-2-6-17-9-11/h2-7,9H,8H2,1H3. The molecule has 0 fully saturated rings. The van der Waals surface area contributed by atoms with Crippen LogP contribution in [-0.4, -0.2) is 4.98 Å². The maximum atomic E-state index is 6.03. The highest BCUT2D eigenvalue weighted by molar-refractivity contribution is 6.30. The van der Waals surface area contributed by atoms with Crippen molar-refractivity contribution in [3.63, 3.8) is 0 Å². The number of rotatable bonds is 1. The van der Waals surface area contributed by atoms with Crippen LogP contribution in [0.2, 0.25) is 5.02 Å². The molecule has 0 aliphatic heterocycles. The molecule has 1 aliphatic rings. The molecule has 0 saturated carbocycles. The maximum Gasteiger partial charge on any atom is 0.0409 e. The van der Waals surface area contributed by atoms with Gasteiger partial charge in [-0.1, -0.05) is 23.7 Å². The van der Waals surface area contributed by atoms with Crippen molar-refractivity contribution in [2.24, 2.45) is 0 Å². The number of aromatic nitrogens is 1. The van der Waals surface area contributed by atoms with Gasteiger partial charge in [0.1, 0.15) is 0 Å². The second-order valence-corrected chi connectivity index (χ2v) is 4.76. The predicted octanol–water partition coefficient (Wildman–Crippen LogP) is 4.22. The molecule has 2 heteroatoms. The highest BCUT2D eigenvalue weighted by Crippen LogP contribution is 2.38. The van der Waals surface area contributed by atoms with E-state index < -0.39 is 0 Å². The van der Waals surface area contributed by atoms with Crippen molar-refractivity contribution in [2.75, 3.05) is 0 Å². The summed E-state index contributed by atoms with van der Waals surface area (Å²) in [4.78, 5) is 4.18. The third kappa shape index (κ3) is 1.77. The molecule has 0 unspecified atom stereocenters. The third-order valence-electron chi connectivity index (χ3n) is 3.30. The van der Waals surface area contributed by atoms with E-state index in [4.69, 9.17) is 11.6 Å². The number of halogens is 1. The average molecular weight is 242 g/mol. The van der Waals surface area contributed by atoms with Crippen molar-refractivity contribution in [2.45, 2.75) is 13.3 Å². The van der Waals surface area contributed by atoms with E-state index in [1.165, 1.54) is 27.8 Å². The van der Waals surface area contributed by atoms with Gasteiger partial charge in [0.15, 0.2) is 0 Å². The van der Waals surface area contributed by atoms with E-state index in [2.05, 4.69) is 30.1 Å². The summed E-state index contributed by atoms with van der Waals surface area (Å²) in [6.07, 6.45) is 4.68. The highest BCUT2D eigenvalue weighted by Gasteiger charge is 2.19. The van der Waals surface area contributed by atoms with E-state index in [1.54, 1.807) is 6.20 Å². The SMILES string of the molecule is CC1=C(c2cccnc2)Cc2cc(Cl)ccc21. The summed E-state index contributed by atoms with van der Waals surface area (Å²) in [5.74, 6) is 0. The summed E-state index contributed by atoms with van der Waals surface area (Å²) in [7, 11) is 0. The number of hydrogen-bond donors (Lipinski definition) is 0. The zero-order valence-electron chi connectivity index (χ0n) is 9.57. The van der Waals surface area contributed by atoms with E-state index in [9.17, 15) is 0 Å². The minimum atomic E-state index is 0.809. The number of pyridine rings is 1. The van der Waals surface area contributed by atoms with Crippen LogP contribution in [0.1, 0.15) is 23.6 Å². The number of hydrogen-bond acceptors (Lipinski definition) is 1. The lowest BCUT2D eigenvalue weighted by Crippen LogP contribution is -1.86. The minimum absolute atomic E-state index is 0.809. The van der Waals surface area contributed by atoms with Gasteiger partial charge in [0.2, 0.25) is 0 Å². The Kier molecular flexibility index (Phi) is 2.49. The number of allylic oxidation sites excluding steroid dienone is 2. The molecule has 0 N–H and O–H groups in total. The van der Waals surface area contributed by atoms with E-state index in [0.717, 1.165) is 11.4 Å². The second kappa shape index (κ2) is 4.01. The lowest BCUT2D eigenvalue weighted by Gasteiger charge is -2.02. The fraction of sp³-hybridized carbons (Fsp3) is 0.133. The Hall–Kier alpha value is -1.60. The quantitative estimate of drug-likeness (QED) is 0.728. The van der Waals surface area contributed by atoms with Gasteiger partial charge in [0, 0.05) is 17.4 Å². The highest BCUT2D eigenvalue weighted by atomic mass is 35.5. The molecule has 1 nitrogen and oxygen atoms in total. The zero-order chi connectivity index (χ0) is 11.8. The summed E-state index contributed by atoms with van der Waals surface area (Å²) in [5.41, 5.74) is 6.53. The molecule has 0 atom stereocenters. The molecule has 1 aliphatic carbocycles. The molecule has 0 spiro atoms. The summed E-state index contributed by atoms with van der Waals surface area (Å²) in [5, 5.41) is 0.809. The summed E-state index contributed by atoms with van der Waals surface area (Å²) in [6, 6.07) is 10.2. The van der Waals surface area contributed by atoms with E-state index in [0.29, 0.717) is 0 Å². The van der Waals surface area contributed by atoms with Crippen molar-refractivity contribution >= 4 is 22.7 Å². The van der Waals surface area contributed by atoms with Crippen molar-refractivity contribution in [1.82, 2.24) is 4.98 Å². The van der Waals surface area contributed by atoms with Gasteiger partial charge in [-0.3, -0.25) is 4.98 Å². The Morgan fingerprint density at radius 3 is 2.88 bits per heavy atom. The molecule has 84 valence electrons. The molecule has 0 saturated heterocycles. The molecule has 1 heterocycles. The van der Waals surface area contributed by atoms with Crippen LogP contribution in [0, 0.1) is 0 Å². The molecule has 0 bridgehead atoms. The lowest BCUT2D eigenvalue weighted by atomic mass is 10.0. The topological polar surface area (TPSA) is 12.9 Å². The Morgan fingerprint density at radius 1 is 1.24 bits per heavy atom. The van der Waals surface area contributed by atoms with Crippen LogP contribution in [0.25, 0.3) is 11.1 Å². The van der Waals surface area contributed by atoms with Gasteiger partial charge in [0.05, 0.1) is 0 Å². The summed E-state index contributed by atoms with van der Waals surface area (Å²) in [6.45, 7) is 2.17. The van der Waals surface area contributed by atoms with Gasteiger partial charge in [0.25, 0.3) is 0 Å². The Labute approximate surface area is 106 Å². The van der Waals surface area contributed by atoms with Gasteiger partial charge < -0.3 is 0 Å². The van der Waals surface area contributed by atoms with Crippen molar-refractivity contribution in [3.8, 4) is 0 Å².